The first-order valence-corrected chi connectivity index (χ1v) is 9.82. The lowest BCUT2D eigenvalue weighted by molar-refractivity contribution is -0.118. The van der Waals surface area contributed by atoms with Crippen LogP contribution in [0.3, 0.4) is 0 Å². The quantitative estimate of drug-likeness (QED) is 0.453. The molecule has 31 heavy (non-hydrogen) atoms. The Balaban J connectivity index is 1.61. The Morgan fingerprint density at radius 1 is 1.03 bits per heavy atom. The molecule has 0 spiro atoms. The van der Waals surface area contributed by atoms with E-state index >= 15 is 0 Å². The normalized spacial score (nSPS) is 10.6. The van der Waals surface area contributed by atoms with Gasteiger partial charge in [-0.3, -0.25) is 9.59 Å². The van der Waals surface area contributed by atoms with Gasteiger partial charge in [0.2, 0.25) is 11.2 Å². The molecule has 0 fully saturated rings. The second-order valence-corrected chi connectivity index (χ2v) is 7.04. The standard InChI is InChI=1S/C24H18ClNO5/c1-29-20-12-11-16(13-18(20)25)26-21(27)14-30-24-22(28)17-9-5-6-10-19(17)31-23(24)15-7-3-2-4-8-15/h2-13H,14H2,1H3,(H,26,27). The van der Waals surface area contributed by atoms with E-state index < -0.39 is 5.91 Å². The summed E-state index contributed by atoms with van der Waals surface area (Å²) >= 11 is 6.09. The Morgan fingerprint density at radius 2 is 1.77 bits per heavy atom. The van der Waals surface area contributed by atoms with Crippen molar-refractivity contribution in [3.63, 3.8) is 0 Å². The van der Waals surface area contributed by atoms with Crippen LogP contribution in [0.4, 0.5) is 5.69 Å². The number of carbonyl (C=O) groups is 1. The first-order valence-electron chi connectivity index (χ1n) is 9.44. The van der Waals surface area contributed by atoms with Crippen LogP contribution < -0.4 is 20.2 Å². The molecule has 1 N–H and O–H groups in total. The molecule has 0 unspecified atom stereocenters. The highest BCUT2D eigenvalue weighted by Crippen LogP contribution is 2.31. The van der Waals surface area contributed by atoms with Gasteiger partial charge in [0.05, 0.1) is 17.5 Å². The van der Waals surface area contributed by atoms with Crippen molar-refractivity contribution in [1.82, 2.24) is 0 Å². The molecule has 1 amide bonds. The summed E-state index contributed by atoms with van der Waals surface area (Å²) in [5.41, 5.74) is 1.24. The second kappa shape index (κ2) is 8.93. The maximum absolute atomic E-state index is 13.1. The molecule has 1 heterocycles. The lowest BCUT2D eigenvalue weighted by atomic mass is 10.1. The van der Waals surface area contributed by atoms with Gasteiger partial charge in [0.25, 0.3) is 5.91 Å². The van der Waals surface area contributed by atoms with Gasteiger partial charge < -0.3 is 19.2 Å². The van der Waals surface area contributed by atoms with Gasteiger partial charge in [0, 0.05) is 11.3 Å². The van der Waals surface area contributed by atoms with Crippen LogP contribution in [0.1, 0.15) is 0 Å². The highest BCUT2D eigenvalue weighted by molar-refractivity contribution is 6.32. The maximum Gasteiger partial charge on any atom is 0.262 e. The van der Waals surface area contributed by atoms with Gasteiger partial charge in [-0.05, 0) is 30.3 Å². The van der Waals surface area contributed by atoms with Crippen LogP contribution in [0, 0.1) is 0 Å². The third kappa shape index (κ3) is 4.39. The van der Waals surface area contributed by atoms with E-state index in [0.29, 0.717) is 33.0 Å². The Bertz CT molecular complexity index is 1300. The van der Waals surface area contributed by atoms with Crippen LogP contribution in [-0.2, 0) is 4.79 Å². The zero-order chi connectivity index (χ0) is 21.8. The number of anilines is 1. The predicted octanol–water partition coefficient (Wildman–Crippen LogP) is 5.14. The van der Waals surface area contributed by atoms with E-state index in [0.717, 1.165) is 0 Å². The minimum atomic E-state index is -0.451. The van der Waals surface area contributed by atoms with E-state index in [1.54, 1.807) is 54.6 Å². The molecule has 0 atom stereocenters. The van der Waals surface area contributed by atoms with Gasteiger partial charge in [-0.1, -0.05) is 54.1 Å². The van der Waals surface area contributed by atoms with Crippen LogP contribution in [0.15, 0.2) is 82.0 Å². The number of rotatable bonds is 6. The van der Waals surface area contributed by atoms with Crippen LogP contribution >= 0.6 is 11.6 Å². The van der Waals surface area contributed by atoms with Crippen molar-refractivity contribution in [3.8, 4) is 22.8 Å². The van der Waals surface area contributed by atoms with Crippen LogP contribution in [0.2, 0.25) is 5.02 Å². The lowest BCUT2D eigenvalue weighted by Gasteiger charge is -2.12. The molecule has 156 valence electrons. The smallest absolute Gasteiger partial charge is 0.262 e. The monoisotopic (exact) mass is 435 g/mol. The summed E-state index contributed by atoms with van der Waals surface area (Å²) in [6.45, 7) is -0.382. The predicted molar refractivity (Wildman–Crippen MR) is 120 cm³/mol. The molecule has 0 aliphatic carbocycles. The first kappa shape index (κ1) is 20.5. The largest absolute Gasteiger partial charge is 0.495 e. The molecule has 0 bridgehead atoms. The van der Waals surface area contributed by atoms with Crippen molar-refractivity contribution in [2.45, 2.75) is 0 Å². The SMILES string of the molecule is COc1ccc(NC(=O)COc2c(-c3ccccc3)oc3ccccc3c2=O)cc1Cl. The minimum Gasteiger partial charge on any atom is -0.495 e. The van der Waals surface area contributed by atoms with Crippen molar-refractivity contribution in [2.75, 3.05) is 19.0 Å². The number of carbonyl (C=O) groups excluding carboxylic acids is 1. The number of hydrogen-bond acceptors (Lipinski definition) is 5. The van der Waals surface area contributed by atoms with Gasteiger partial charge in [0.15, 0.2) is 12.4 Å². The molecule has 3 aromatic carbocycles. The highest BCUT2D eigenvalue weighted by Gasteiger charge is 2.18. The van der Waals surface area contributed by atoms with Crippen LogP contribution in [-0.4, -0.2) is 19.6 Å². The fourth-order valence-corrected chi connectivity index (χ4v) is 3.37. The molecule has 7 heteroatoms. The van der Waals surface area contributed by atoms with E-state index in [1.165, 1.54) is 7.11 Å². The van der Waals surface area contributed by atoms with Crippen molar-refractivity contribution in [1.29, 1.82) is 0 Å². The Morgan fingerprint density at radius 3 is 2.52 bits per heavy atom. The van der Waals surface area contributed by atoms with Gasteiger partial charge >= 0.3 is 0 Å². The van der Waals surface area contributed by atoms with Crippen LogP contribution in [0.5, 0.6) is 11.5 Å². The van der Waals surface area contributed by atoms with E-state index in [4.69, 9.17) is 25.5 Å². The number of para-hydroxylation sites is 1. The number of fused-ring (bicyclic) bond motifs is 1. The minimum absolute atomic E-state index is 0.0205. The van der Waals surface area contributed by atoms with Crippen molar-refractivity contribution in [2.24, 2.45) is 0 Å². The summed E-state index contributed by atoms with van der Waals surface area (Å²) in [5, 5.41) is 3.42. The number of ether oxygens (including phenoxy) is 2. The first-order chi connectivity index (χ1) is 15.1. The number of benzene rings is 3. The molecule has 6 nitrogen and oxygen atoms in total. The molecule has 4 rings (SSSR count). The van der Waals surface area contributed by atoms with E-state index in [2.05, 4.69) is 5.32 Å². The molecule has 0 aliphatic heterocycles. The average Bonchev–Trinajstić information content (AvgIpc) is 2.79. The fourth-order valence-electron chi connectivity index (χ4n) is 3.11. The summed E-state index contributed by atoms with van der Waals surface area (Å²) in [4.78, 5) is 25.5. The molecule has 0 saturated heterocycles. The van der Waals surface area contributed by atoms with Gasteiger partial charge in [0.1, 0.15) is 11.3 Å². The zero-order valence-electron chi connectivity index (χ0n) is 16.6. The van der Waals surface area contributed by atoms with Crippen molar-refractivity contribution < 1.29 is 18.7 Å². The van der Waals surface area contributed by atoms with Gasteiger partial charge in [-0.25, -0.2) is 0 Å². The number of nitrogens with one attached hydrogen (secondary N) is 1. The summed E-state index contributed by atoms with van der Waals surface area (Å²) < 4.78 is 16.7. The summed E-state index contributed by atoms with van der Waals surface area (Å²) in [6.07, 6.45) is 0. The lowest BCUT2D eigenvalue weighted by Crippen LogP contribution is -2.22. The Labute approximate surface area is 183 Å². The van der Waals surface area contributed by atoms with E-state index in [-0.39, 0.29) is 23.5 Å². The average molecular weight is 436 g/mol. The molecule has 0 radical (unpaired) electrons. The maximum atomic E-state index is 13.1. The van der Waals surface area contributed by atoms with Crippen molar-refractivity contribution >= 4 is 34.2 Å². The van der Waals surface area contributed by atoms with Crippen LogP contribution in [0.25, 0.3) is 22.3 Å². The van der Waals surface area contributed by atoms with E-state index in [1.807, 2.05) is 18.2 Å². The third-order valence-corrected chi connectivity index (χ3v) is 4.87. The Kier molecular flexibility index (Phi) is 5.91. The Hall–Kier alpha value is -3.77. The number of halogens is 1. The number of methoxy groups -OCH3 is 1. The van der Waals surface area contributed by atoms with E-state index in [9.17, 15) is 9.59 Å². The summed E-state index contributed by atoms with van der Waals surface area (Å²) in [6, 6.07) is 20.9. The summed E-state index contributed by atoms with van der Waals surface area (Å²) in [5.74, 6) is 0.294. The highest BCUT2D eigenvalue weighted by atomic mass is 35.5. The third-order valence-electron chi connectivity index (χ3n) is 4.58. The molecule has 0 aliphatic rings. The zero-order valence-corrected chi connectivity index (χ0v) is 17.3. The fraction of sp³-hybridized carbons (Fsp3) is 0.0833. The van der Waals surface area contributed by atoms with Gasteiger partial charge in [-0.2, -0.15) is 0 Å². The number of amides is 1. The van der Waals surface area contributed by atoms with Crippen molar-refractivity contribution in [3.05, 3.63) is 88.0 Å². The molecular formula is C24H18ClNO5. The topological polar surface area (TPSA) is 77.8 Å². The molecular weight excluding hydrogens is 418 g/mol. The second-order valence-electron chi connectivity index (χ2n) is 6.64. The molecule has 1 aromatic heterocycles. The summed E-state index contributed by atoms with van der Waals surface area (Å²) in [7, 11) is 1.51. The molecule has 0 saturated carbocycles. The van der Waals surface area contributed by atoms with Gasteiger partial charge in [-0.15, -0.1) is 0 Å². The number of hydrogen-bond donors (Lipinski definition) is 1. The molecule has 4 aromatic rings.